The Labute approximate surface area is 148 Å². The predicted molar refractivity (Wildman–Crippen MR) is 94.5 cm³/mol. The van der Waals surface area contributed by atoms with E-state index in [1.165, 1.54) is 38.5 Å². The van der Waals surface area contributed by atoms with Crippen molar-refractivity contribution in [2.45, 2.75) is 18.9 Å². The van der Waals surface area contributed by atoms with Crippen molar-refractivity contribution in [3.05, 3.63) is 59.7 Å². The Morgan fingerprint density at radius 2 is 1.44 bits per heavy atom. The van der Waals surface area contributed by atoms with Crippen molar-refractivity contribution in [1.82, 2.24) is 0 Å². The number of rotatable bonds is 8. The summed E-state index contributed by atoms with van der Waals surface area (Å²) < 4.78 is 16.4. The zero-order valence-electron chi connectivity index (χ0n) is 14.3. The predicted octanol–water partition coefficient (Wildman–Crippen LogP) is 3.12. The average Bonchev–Trinajstić information content (AvgIpc) is 2.63. The highest BCUT2D eigenvalue weighted by Crippen LogP contribution is 2.21. The van der Waals surface area contributed by atoms with Crippen molar-refractivity contribution in [2.75, 3.05) is 14.2 Å². The van der Waals surface area contributed by atoms with Crippen LogP contribution in [0.25, 0.3) is 0 Å². The third kappa shape index (κ3) is 5.32. The van der Waals surface area contributed by atoms with Crippen LogP contribution in [0.15, 0.2) is 48.5 Å². The summed E-state index contributed by atoms with van der Waals surface area (Å²) in [6.45, 7) is 0. The lowest BCUT2D eigenvalue weighted by molar-refractivity contribution is 0.0515. The molecule has 7 heteroatoms. The number of phenolic OH excluding ortho intramolecular Hbond substituents is 2. The first-order valence-corrected chi connectivity index (χ1v) is 9.82. The molecule has 0 aliphatic rings. The second kappa shape index (κ2) is 8.66. The zero-order chi connectivity index (χ0) is 18.3. The largest absolute Gasteiger partial charge is 0.567 e. The number of aromatic hydroxyl groups is 2. The molecule has 25 heavy (non-hydrogen) atoms. The molecule has 0 unspecified atom stereocenters. The molecule has 0 spiro atoms. The molecule has 0 saturated heterocycles. The van der Waals surface area contributed by atoms with Gasteiger partial charge >= 0.3 is 14.8 Å². The van der Waals surface area contributed by atoms with E-state index >= 15 is 0 Å². The quantitative estimate of drug-likeness (QED) is 0.702. The van der Waals surface area contributed by atoms with Crippen LogP contribution in [0.2, 0.25) is 6.04 Å². The van der Waals surface area contributed by atoms with Crippen LogP contribution in [-0.4, -0.2) is 39.2 Å². The van der Waals surface area contributed by atoms with E-state index in [2.05, 4.69) is 0 Å². The molecular weight excluding hydrogens is 340 g/mol. The summed E-state index contributed by atoms with van der Waals surface area (Å²) >= 11 is 0. The number of carbonyl (C=O) groups is 1. The molecule has 0 amide bonds. The molecule has 0 aliphatic carbocycles. The first-order chi connectivity index (χ1) is 12.0. The number of benzene rings is 2. The van der Waals surface area contributed by atoms with Gasteiger partial charge in [-0.3, -0.25) is 0 Å². The summed E-state index contributed by atoms with van der Waals surface area (Å²) in [5, 5.41) is 18.6. The lowest BCUT2D eigenvalue weighted by Gasteiger charge is -2.25. The minimum absolute atomic E-state index is 0.0763. The van der Waals surface area contributed by atoms with Gasteiger partial charge in [-0.1, -0.05) is 12.1 Å². The Bertz CT molecular complexity index is 680. The van der Waals surface area contributed by atoms with Crippen molar-refractivity contribution in [3.63, 3.8) is 0 Å². The molecule has 0 saturated carbocycles. The maximum atomic E-state index is 12.3. The van der Waals surface area contributed by atoms with Gasteiger partial charge < -0.3 is 23.5 Å². The summed E-state index contributed by atoms with van der Waals surface area (Å²) in [4.78, 5) is 12.3. The van der Waals surface area contributed by atoms with Crippen molar-refractivity contribution < 1.29 is 28.3 Å². The third-order valence-corrected chi connectivity index (χ3v) is 6.56. The molecule has 0 heterocycles. The molecule has 2 aromatic carbocycles. The van der Waals surface area contributed by atoms with Crippen LogP contribution in [0.5, 0.6) is 11.5 Å². The Morgan fingerprint density at radius 1 is 0.920 bits per heavy atom. The maximum Gasteiger partial charge on any atom is 0.567 e. The van der Waals surface area contributed by atoms with Crippen LogP contribution >= 0.6 is 0 Å². The molecular formula is C18H22O6Si. The minimum atomic E-state index is -3.13. The Morgan fingerprint density at radius 3 is 1.96 bits per heavy atom. The molecule has 0 radical (unpaired) electrons. The lowest BCUT2D eigenvalue weighted by Crippen LogP contribution is -2.45. The molecule has 6 nitrogen and oxygen atoms in total. The Balaban J connectivity index is 1.97. The van der Waals surface area contributed by atoms with E-state index in [9.17, 15) is 15.0 Å². The highest BCUT2D eigenvalue weighted by atomic mass is 28.4. The van der Waals surface area contributed by atoms with Gasteiger partial charge in [-0.05, 0) is 54.8 Å². The molecule has 2 aromatic rings. The number of carbonyl (C=O) groups excluding carboxylic acids is 1. The average molecular weight is 362 g/mol. The topological polar surface area (TPSA) is 85.2 Å². The smallest absolute Gasteiger partial charge is 0.508 e. The fourth-order valence-electron chi connectivity index (χ4n) is 2.39. The van der Waals surface area contributed by atoms with E-state index in [1.54, 1.807) is 12.1 Å². The summed E-state index contributed by atoms with van der Waals surface area (Å²) in [7, 11) is -0.184. The van der Waals surface area contributed by atoms with Crippen LogP contribution in [0.1, 0.15) is 22.3 Å². The van der Waals surface area contributed by atoms with E-state index in [4.69, 9.17) is 13.3 Å². The minimum Gasteiger partial charge on any atom is -0.508 e. The van der Waals surface area contributed by atoms with Crippen molar-refractivity contribution in [1.29, 1.82) is 0 Å². The molecule has 2 rings (SSSR count). The standard InChI is InChI=1S/C18H22O6Si/c1-22-25(23-2,13-3-4-14-5-9-16(19)10-6-14)24-18(21)15-7-11-17(20)12-8-15/h5-12,19-20H,3-4,13H2,1-2H3. The van der Waals surface area contributed by atoms with Crippen LogP contribution in [0.4, 0.5) is 0 Å². The summed E-state index contributed by atoms with van der Waals surface area (Å²) in [5.74, 6) is -0.239. The molecule has 0 aliphatic heterocycles. The van der Waals surface area contributed by atoms with Gasteiger partial charge in [-0.25, -0.2) is 4.79 Å². The Hall–Kier alpha value is -2.35. The summed E-state index contributed by atoms with van der Waals surface area (Å²) in [5.41, 5.74) is 1.39. The molecule has 2 N–H and O–H groups in total. The zero-order valence-corrected chi connectivity index (χ0v) is 15.3. The van der Waals surface area contributed by atoms with E-state index in [1.807, 2.05) is 12.1 Å². The van der Waals surface area contributed by atoms with E-state index < -0.39 is 14.8 Å². The molecule has 0 bridgehead atoms. The highest BCUT2D eigenvalue weighted by Gasteiger charge is 2.42. The van der Waals surface area contributed by atoms with E-state index in [0.717, 1.165) is 12.0 Å². The molecule has 134 valence electrons. The van der Waals surface area contributed by atoms with Gasteiger partial charge in [0.1, 0.15) is 11.5 Å². The van der Waals surface area contributed by atoms with Gasteiger partial charge in [-0.15, -0.1) is 0 Å². The third-order valence-electron chi connectivity index (χ3n) is 3.86. The van der Waals surface area contributed by atoms with Gasteiger partial charge in [0, 0.05) is 20.3 Å². The summed E-state index contributed by atoms with van der Waals surface area (Å²) in [6.07, 6.45) is 1.46. The van der Waals surface area contributed by atoms with Gasteiger partial charge in [0.25, 0.3) is 0 Å². The van der Waals surface area contributed by atoms with E-state index in [0.29, 0.717) is 18.0 Å². The second-order valence-electron chi connectivity index (χ2n) is 5.55. The van der Waals surface area contributed by atoms with Gasteiger partial charge in [-0.2, -0.15) is 0 Å². The number of hydrogen-bond donors (Lipinski definition) is 2. The summed E-state index contributed by atoms with van der Waals surface area (Å²) in [6, 6.07) is 13.3. The fraction of sp³-hybridized carbons (Fsp3) is 0.278. The van der Waals surface area contributed by atoms with Crippen molar-refractivity contribution >= 4 is 14.8 Å². The highest BCUT2D eigenvalue weighted by molar-refractivity contribution is 6.62. The Kier molecular flexibility index (Phi) is 6.57. The maximum absolute atomic E-state index is 12.3. The monoisotopic (exact) mass is 362 g/mol. The molecule has 0 fully saturated rings. The normalized spacial score (nSPS) is 11.3. The van der Waals surface area contributed by atoms with E-state index in [-0.39, 0.29) is 11.5 Å². The first-order valence-electron chi connectivity index (χ1n) is 7.88. The van der Waals surface area contributed by atoms with Crippen molar-refractivity contribution in [3.8, 4) is 11.5 Å². The molecule has 0 atom stereocenters. The van der Waals surface area contributed by atoms with Crippen molar-refractivity contribution in [2.24, 2.45) is 0 Å². The lowest BCUT2D eigenvalue weighted by atomic mass is 10.1. The number of phenols is 2. The first kappa shape index (κ1) is 19.0. The van der Waals surface area contributed by atoms with Gasteiger partial charge in [0.2, 0.25) is 0 Å². The number of aryl methyl sites for hydroxylation is 1. The second-order valence-corrected chi connectivity index (χ2v) is 8.43. The number of hydrogen-bond acceptors (Lipinski definition) is 6. The van der Waals surface area contributed by atoms with Gasteiger partial charge in [0.15, 0.2) is 0 Å². The van der Waals surface area contributed by atoms with Crippen LogP contribution in [0, 0.1) is 0 Å². The van der Waals surface area contributed by atoms with Crippen LogP contribution < -0.4 is 0 Å². The van der Waals surface area contributed by atoms with Gasteiger partial charge in [0.05, 0.1) is 5.56 Å². The molecule has 0 aromatic heterocycles. The SMILES string of the molecule is CO[Si](CCCc1ccc(O)cc1)(OC)OC(=O)c1ccc(O)cc1. The van der Waals surface area contributed by atoms with Crippen LogP contribution in [-0.2, 0) is 19.7 Å². The van der Waals surface area contributed by atoms with Crippen LogP contribution in [0.3, 0.4) is 0 Å². The fourth-order valence-corrected chi connectivity index (χ4v) is 4.24.